The van der Waals surface area contributed by atoms with Crippen molar-refractivity contribution in [3.63, 3.8) is 0 Å². The van der Waals surface area contributed by atoms with Crippen molar-refractivity contribution in [3.05, 3.63) is 54.1 Å². The molecule has 6 heteroatoms. The number of methoxy groups -OCH3 is 1. The van der Waals surface area contributed by atoms with Crippen LogP contribution in [0.1, 0.15) is 23.2 Å². The number of likely N-dealkylation sites (tertiary alicyclic amines) is 1. The highest BCUT2D eigenvalue weighted by atomic mass is 16.5. The summed E-state index contributed by atoms with van der Waals surface area (Å²) in [6.07, 6.45) is 1.31. The molecule has 1 heterocycles. The molecular weight excluding hydrogens is 354 g/mol. The molecule has 2 amide bonds. The summed E-state index contributed by atoms with van der Waals surface area (Å²) in [5.41, 5.74) is 2.44. The Balaban J connectivity index is 1.56. The number of hydrogen-bond donors (Lipinski definition) is 1. The Bertz CT molecular complexity index is 825. The molecular formula is C22H27N3O3. The quantitative estimate of drug-likeness (QED) is 0.864. The number of carbonyl (C=O) groups is 2. The lowest BCUT2D eigenvalue weighted by Crippen LogP contribution is -2.41. The number of anilines is 2. The second-order valence-electron chi connectivity index (χ2n) is 7.20. The lowest BCUT2D eigenvalue weighted by Gasteiger charge is -2.31. The number of rotatable bonds is 5. The molecule has 3 rings (SSSR count). The van der Waals surface area contributed by atoms with E-state index in [1.807, 2.05) is 55.4 Å². The molecule has 0 radical (unpaired) electrons. The first-order valence-corrected chi connectivity index (χ1v) is 9.50. The summed E-state index contributed by atoms with van der Waals surface area (Å²) in [4.78, 5) is 29.2. The van der Waals surface area contributed by atoms with Crippen molar-refractivity contribution in [1.82, 2.24) is 4.90 Å². The lowest BCUT2D eigenvalue weighted by atomic mass is 9.95. The van der Waals surface area contributed by atoms with E-state index in [1.165, 1.54) is 0 Å². The Morgan fingerprint density at radius 3 is 2.29 bits per heavy atom. The zero-order valence-corrected chi connectivity index (χ0v) is 16.6. The van der Waals surface area contributed by atoms with E-state index in [-0.39, 0.29) is 17.7 Å². The fraction of sp³-hybridized carbons (Fsp3) is 0.364. The smallest absolute Gasteiger partial charge is 0.257 e. The van der Waals surface area contributed by atoms with Crippen molar-refractivity contribution in [2.75, 3.05) is 44.5 Å². The molecule has 0 aliphatic carbocycles. The number of para-hydroxylation sites is 1. The van der Waals surface area contributed by atoms with E-state index >= 15 is 0 Å². The third kappa shape index (κ3) is 4.44. The number of amides is 2. The SMILES string of the molecule is COc1ccccc1C(=O)N1CCC(C(=O)Nc2ccc(N(C)C)cc2)CC1. The third-order valence-electron chi connectivity index (χ3n) is 5.14. The van der Waals surface area contributed by atoms with Crippen LogP contribution in [0.15, 0.2) is 48.5 Å². The van der Waals surface area contributed by atoms with Gasteiger partial charge in [-0.1, -0.05) is 12.1 Å². The molecule has 1 aliphatic heterocycles. The summed E-state index contributed by atoms with van der Waals surface area (Å²) in [7, 11) is 5.52. The maximum Gasteiger partial charge on any atom is 0.257 e. The van der Waals surface area contributed by atoms with Gasteiger partial charge in [-0.05, 0) is 49.2 Å². The molecule has 0 unspecified atom stereocenters. The summed E-state index contributed by atoms with van der Waals surface area (Å²) in [5, 5.41) is 2.99. The van der Waals surface area contributed by atoms with Gasteiger partial charge < -0.3 is 19.9 Å². The average Bonchev–Trinajstić information content (AvgIpc) is 2.73. The molecule has 0 saturated carbocycles. The van der Waals surface area contributed by atoms with Crippen LogP contribution < -0.4 is 15.0 Å². The van der Waals surface area contributed by atoms with E-state index in [9.17, 15) is 9.59 Å². The third-order valence-corrected chi connectivity index (χ3v) is 5.14. The number of carbonyl (C=O) groups excluding carboxylic acids is 2. The predicted molar refractivity (Wildman–Crippen MR) is 111 cm³/mol. The minimum absolute atomic E-state index is 0.0157. The van der Waals surface area contributed by atoms with Crippen molar-refractivity contribution in [2.24, 2.45) is 5.92 Å². The molecule has 0 aromatic heterocycles. The van der Waals surface area contributed by atoms with Crippen LogP contribution in [-0.2, 0) is 4.79 Å². The van der Waals surface area contributed by atoms with E-state index in [1.54, 1.807) is 24.1 Å². The average molecular weight is 381 g/mol. The first kappa shape index (κ1) is 19.7. The zero-order valence-electron chi connectivity index (χ0n) is 16.6. The van der Waals surface area contributed by atoms with Crippen LogP contribution in [0.25, 0.3) is 0 Å². The zero-order chi connectivity index (χ0) is 20.1. The molecule has 0 spiro atoms. The van der Waals surface area contributed by atoms with Crippen LogP contribution in [0, 0.1) is 5.92 Å². The molecule has 28 heavy (non-hydrogen) atoms. The molecule has 1 aliphatic rings. The molecule has 6 nitrogen and oxygen atoms in total. The number of ether oxygens (including phenoxy) is 1. The summed E-state index contributed by atoms with van der Waals surface area (Å²) >= 11 is 0. The molecule has 2 aromatic carbocycles. The van der Waals surface area contributed by atoms with Crippen LogP contribution in [0.4, 0.5) is 11.4 Å². The molecule has 0 atom stereocenters. The summed E-state index contributed by atoms with van der Waals surface area (Å²) in [6.45, 7) is 1.13. The number of hydrogen-bond acceptors (Lipinski definition) is 4. The molecule has 1 N–H and O–H groups in total. The fourth-order valence-electron chi connectivity index (χ4n) is 3.42. The number of nitrogens with zero attached hydrogens (tertiary/aromatic N) is 2. The lowest BCUT2D eigenvalue weighted by molar-refractivity contribution is -0.121. The van der Waals surface area contributed by atoms with Gasteiger partial charge in [0.1, 0.15) is 5.75 Å². The molecule has 1 saturated heterocycles. The van der Waals surface area contributed by atoms with Crippen LogP contribution in [0.3, 0.4) is 0 Å². The second-order valence-corrected chi connectivity index (χ2v) is 7.20. The Morgan fingerprint density at radius 2 is 1.68 bits per heavy atom. The van der Waals surface area contributed by atoms with Crippen molar-refractivity contribution in [1.29, 1.82) is 0 Å². The van der Waals surface area contributed by atoms with Gasteiger partial charge in [-0.3, -0.25) is 9.59 Å². The largest absolute Gasteiger partial charge is 0.496 e. The fourth-order valence-corrected chi connectivity index (χ4v) is 3.42. The van der Waals surface area contributed by atoms with Crippen molar-refractivity contribution in [3.8, 4) is 5.75 Å². The van der Waals surface area contributed by atoms with Crippen LogP contribution >= 0.6 is 0 Å². The highest BCUT2D eigenvalue weighted by Gasteiger charge is 2.28. The number of piperidine rings is 1. The van der Waals surface area contributed by atoms with Crippen LogP contribution in [0.2, 0.25) is 0 Å². The second kappa shape index (κ2) is 8.78. The predicted octanol–water partition coefficient (Wildman–Crippen LogP) is 3.25. The number of nitrogens with one attached hydrogen (secondary N) is 1. The Morgan fingerprint density at radius 1 is 1.04 bits per heavy atom. The minimum Gasteiger partial charge on any atom is -0.496 e. The van der Waals surface area contributed by atoms with E-state index in [2.05, 4.69) is 5.32 Å². The van der Waals surface area contributed by atoms with Crippen molar-refractivity contribution < 1.29 is 14.3 Å². The maximum absolute atomic E-state index is 12.8. The van der Waals surface area contributed by atoms with Crippen LogP contribution in [0.5, 0.6) is 5.75 Å². The Labute approximate surface area is 166 Å². The Kier molecular flexibility index (Phi) is 6.19. The van der Waals surface area contributed by atoms with Gasteiger partial charge in [0.15, 0.2) is 0 Å². The van der Waals surface area contributed by atoms with Gasteiger partial charge in [-0.15, -0.1) is 0 Å². The van der Waals surface area contributed by atoms with Gasteiger partial charge in [0, 0.05) is 44.5 Å². The molecule has 148 valence electrons. The maximum atomic E-state index is 12.8. The van der Waals surface area contributed by atoms with E-state index in [0.717, 1.165) is 11.4 Å². The van der Waals surface area contributed by atoms with Crippen molar-refractivity contribution >= 4 is 23.2 Å². The van der Waals surface area contributed by atoms with Gasteiger partial charge in [0.25, 0.3) is 5.91 Å². The summed E-state index contributed by atoms with van der Waals surface area (Å²) < 4.78 is 5.29. The van der Waals surface area contributed by atoms with Gasteiger partial charge in [0.2, 0.25) is 5.91 Å². The number of benzene rings is 2. The van der Waals surface area contributed by atoms with Gasteiger partial charge >= 0.3 is 0 Å². The minimum atomic E-state index is -0.0877. The van der Waals surface area contributed by atoms with E-state index in [4.69, 9.17) is 4.74 Å². The molecule has 1 fully saturated rings. The first-order chi connectivity index (χ1) is 13.5. The van der Waals surface area contributed by atoms with Crippen LogP contribution in [-0.4, -0.2) is 51.0 Å². The first-order valence-electron chi connectivity index (χ1n) is 9.50. The highest BCUT2D eigenvalue weighted by molar-refractivity contribution is 5.97. The summed E-state index contributed by atoms with van der Waals surface area (Å²) in [5.74, 6) is 0.460. The van der Waals surface area contributed by atoms with E-state index < -0.39 is 0 Å². The van der Waals surface area contributed by atoms with Gasteiger partial charge in [0.05, 0.1) is 12.7 Å². The molecule has 2 aromatic rings. The van der Waals surface area contributed by atoms with Gasteiger partial charge in [-0.2, -0.15) is 0 Å². The molecule has 0 bridgehead atoms. The highest BCUT2D eigenvalue weighted by Crippen LogP contribution is 2.25. The Hall–Kier alpha value is -3.02. The van der Waals surface area contributed by atoms with E-state index in [0.29, 0.717) is 37.2 Å². The monoisotopic (exact) mass is 381 g/mol. The standard InChI is InChI=1S/C22H27N3O3/c1-24(2)18-10-8-17(9-11-18)23-21(26)16-12-14-25(15-13-16)22(27)19-6-4-5-7-20(19)28-3/h4-11,16H,12-15H2,1-3H3,(H,23,26). The normalized spacial score (nSPS) is 14.5. The van der Waals surface area contributed by atoms with Gasteiger partial charge in [-0.25, -0.2) is 0 Å². The topological polar surface area (TPSA) is 61.9 Å². The van der Waals surface area contributed by atoms with Crippen molar-refractivity contribution in [2.45, 2.75) is 12.8 Å². The summed E-state index contributed by atoms with van der Waals surface area (Å²) in [6, 6.07) is 15.0.